The van der Waals surface area contributed by atoms with E-state index in [1.807, 2.05) is 20.8 Å². The first kappa shape index (κ1) is 15.9. The van der Waals surface area contributed by atoms with Crippen molar-refractivity contribution in [3.8, 4) is 0 Å². The number of aromatic nitrogens is 2. The summed E-state index contributed by atoms with van der Waals surface area (Å²) < 4.78 is 4.53. The molecular formula is C13H20N4O3. The van der Waals surface area contributed by atoms with Gasteiger partial charge in [-0.1, -0.05) is 0 Å². The van der Waals surface area contributed by atoms with Crippen molar-refractivity contribution in [3.05, 3.63) is 18.1 Å². The van der Waals surface area contributed by atoms with Gasteiger partial charge >= 0.3 is 5.97 Å². The zero-order chi connectivity index (χ0) is 15.2. The maximum absolute atomic E-state index is 11.6. The molecule has 7 nitrogen and oxygen atoms in total. The van der Waals surface area contributed by atoms with Crippen LogP contribution in [0.1, 0.15) is 37.8 Å². The number of methoxy groups -OCH3 is 1. The third kappa shape index (κ3) is 5.64. The molecule has 0 unspecified atom stereocenters. The normalized spacial score (nSPS) is 10.8. The largest absolute Gasteiger partial charge is 0.463 e. The first-order chi connectivity index (χ1) is 9.31. The Morgan fingerprint density at radius 2 is 2.05 bits per heavy atom. The van der Waals surface area contributed by atoms with Crippen molar-refractivity contribution in [3.63, 3.8) is 0 Å². The predicted molar refractivity (Wildman–Crippen MR) is 74.4 cm³/mol. The number of hydrogen-bond donors (Lipinski definition) is 2. The van der Waals surface area contributed by atoms with E-state index >= 15 is 0 Å². The molecule has 0 bridgehead atoms. The van der Waals surface area contributed by atoms with Gasteiger partial charge in [0.05, 0.1) is 7.11 Å². The highest BCUT2D eigenvalue weighted by atomic mass is 16.5. The van der Waals surface area contributed by atoms with E-state index in [0.717, 1.165) is 0 Å². The summed E-state index contributed by atoms with van der Waals surface area (Å²) in [5.74, 6) is -0.188. The first-order valence-electron chi connectivity index (χ1n) is 6.28. The fourth-order valence-electron chi connectivity index (χ4n) is 1.43. The van der Waals surface area contributed by atoms with Gasteiger partial charge in [-0.15, -0.1) is 0 Å². The average molecular weight is 280 g/mol. The maximum atomic E-state index is 11.6. The van der Waals surface area contributed by atoms with Gasteiger partial charge in [-0.25, -0.2) is 14.8 Å². The van der Waals surface area contributed by atoms with E-state index in [9.17, 15) is 9.59 Å². The minimum absolute atomic E-state index is 0.0170. The molecule has 1 rings (SSSR count). The van der Waals surface area contributed by atoms with Crippen LogP contribution in [-0.2, 0) is 9.53 Å². The van der Waals surface area contributed by atoms with Crippen molar-refractivity contribution in [2.24, 2.45) is 0 Å². The monoisotopic (exact) mass is 280 g/mol. The second-order valence-corrected chi connectivity index (χ2v) is 5.23. The summed E-state index contributed by atoms with van der Waals surface area (Å²) >= 11 is 0. The summed E-state index contributed by atoms with van der Waals surface area (Å²) in [5.41, 5.74) is -0.246. The quantitative estimate of drug-likeness (QED) is 0.781. The Kier molecular flexibility index (Phi) is 5.42. The zero-order valence-electron chi connectivity index (χ0n) is 12.2. The summed E-state index contributed by atoms with van der Waals surface area (Å²) in [7, 11) is 1.27. The molecular weight excluding hydrogens is 260 g/mol. The molecule has 0 saturated carbocycles. The number of nitrogens with one attached hydrogen (secondary N) is 2. The van der Waals surface area contributed by atoms with E-state index < -0.39 is 5.97 Å². The lowest BCUT2D eigenvalue weighted by Gasteiger charge is -2.20. The van der Waals surface area contributed by atoms with E-state index in [1.54, 1.807) is 6.07 Å². The number of hydrogen-bond acceptors (Lipinski definition) is 6. The Labute approximate surface area is 118 Å². The molecule has 0 radical (unpaired) electrons. The van der Waals surface area contributed by atoms with Gasteiger partial charge in [-0.3, -0.25) is 4.79 Å². The molecule has 0 atom stereocenters. The molecule has 1 aromatic heterocycles. The molecule has 0 aromatic carbocycles. The summed E-state index contributed by atoms with van der Waals surface area (Å²) in [6.07, 6.45) is 1.77. The van der Waals surface area contributed by atoms with Crippen LogP contribution >= 0.6 is 0 Å². The van der Waals surface area contributed by atoms with E-state index in [0.29, 0.717) is 18.8 Å². The smallest absolute Gasteiger partial charge is 0.376 e. The van der Waals surface area contributed by atoms with Crippen LogP contribution in [0, 0.1) is 0 Å². The van der Waals surface area contributed by atoms with Crippen LogP contribution in [0.5, 0.6) is 0 Å². The molecule has 7 heteroatoms. The molecule has 0 aliphatic rings. The number of amides is 1. The van der Waals surface area contributed by atoms with Gasteiger partial charge in [-0.05, 0) is 26.8 Å². The lowest BCUT2D eigenvalue weighted by atomic mass is 10.1. The van der Waals surface area contributed by atoms with Crippen molar-refractivity contribution >= 4 is 17.7 Å². The van der Waals surface area contributed by atoms with Gasteiger partial charge in [0.15, 0.2) is 0 Å². The SMILES string of the molecule is COC(=O)c1nccc(NCCC(=O)NC(C)(C)C)n1. The number of carbonyl (C=O) groups excluding carboxylic acids is 2. The molecule has 1 amide bonds. The fraction of sp³-hybridized carbons (Fsp3) is 0.538. The fourth-order valence-corrected chi connectivity index (χ4v) is 1.43. The van der Waals surface area contributed by atoms with E-state index in [-0.39, 0.29) is 17.3 Å². The standard InChI is InChI=1S/C13H20N4O3/c1-13(2,3)17-10(18)6-8-14-9-5-7-15-11(16-9)12(19)20-4/h5,7H,6,8H2,1-4H3,(H,17,18)(H,14,15,16). The second kappa shape index (κ2) is 6.83. The van der Waals surface area contributed by atoms with Crippen LogP contribution in [0.25, 0.3) is 0 Å². The van der Waals surface area contributed by atoms with Crippen molar-refractivity contribution in [2.75, 3.05) is 19.0 Å². The lowest BCUT2D eigenvalue weighted by Crippen LogP contribution is -2.41. The van der Waals surface area contributed by atoms with Gasteiger partial charge in [-0.2, -0.15) is 0 Å². The number of carbonyl (C=O) groups is 2. The highest BCUT2D eigenvalue weighted by Gasteiger charge is 2.13. The maximum Gasteiger partial charge on any atom is 0.376 e. The molecule has 0 fully saturated rings. The van der Waals surface area contributed by atoms with Crippen LogP contribution in [0.4, 0.5) is 5.82 Å². The molecule has 1 heterocycles. The number of rotatable bonds is 5. The van der Waals surface area contributed by atoms with E-state index in [4.69, 9.17) is 0 Å². The molecule has 1 aromatic rings. The molecule has 0 saturated heterocycles. The van der Waals surface area contributed by atoms with Gasteiger partial charge in [0, 0.05) is 24.7 Å². The van der Waals surface area contributed by atoms with Crippen LogP contribution in [0.15, 0.2) is 12.3 Å². The van der Waals surface area contributed by atoms with E-state index in [2.05, 4.69) is 25.3 Å². The zero-order valence-corrected chi connectivity index (χ0v) is 12.2. The van der Waals surface area contributed by atoms with Crippen molar-refractivity contribution in [2.45, 2.75) is 32.7 Å². The molecule has 0 spiro atoms. The second-order valence-electron chi connectivity index (χ2n) is 5.23. The van der Waals surface area contributed by atoms with E-state index in [1.165, 1.54) is 13.3 Å². The van der Waals surface area contributed by atoms with Gasteiger partial charge in [0.25, 0.3) is 0 Å². The molecule has 20 heavy (non-hydrogen) atoms. The molecule has 2 N–H and O–H groups in total. The third-order valence-corrected chi connectivity index (χ3v) is 2.20. The Bertz CT molecular complexity index is 483. The van der Waals surface area contributed by atoms with Crippen molar-refractivity contribution in [1.82, 2.24) is 15.3 Å². The number of anilines is 1. The highest BCUT2D eigenvalue weighted by molar-refractivity contribution is 5.85. The highest BCUT2D eigenvalue weighted by Crippen LogP contribution is 2.04. The minimum Gasteiger partial charge on any atom is -0.463 e. The van der Waals surface area contributed by atoms with Crippen LogP contribution in [-0.4, -0.2) is 41.0 Å². The summed E-state index contributed by atoms with van der Waals surface area (Å²) in [6.45, 7) is 6.18. The number of esters is 1. The van der Waals surface area contributed by atoms with Gasteiger partial charge in [0.2, 0.25) is 11.7 Å². The summed E-state index contributed by atoms with van der Waals surface area (Å²) in [4.78, 5) is 30.7. The van der Waals surface area contributed by atoms with Crippen molar-refractivity contribution in [1.29, 1.82) is 0 Å². The van der Waals surface area contributed by atoms with Crippen LogP contribution < -0.4 is 10.6 Å². The van der Waals surface area contributed by atoms with Crippen LogP contribution in [0.3, 0.4) is 0 Å². The van der Waals surface area contributed by atoms with Gasteiger partial charge in [0.1, 0.15) is 5.82 Å². The predicted octanol–water partition coefficient (Wildman–Crippen LogP) is 0.980. The Hall–Kier alpha value is -2.18. The number of ether oxygens (including phenoxy) is 1. The Morgan fingerprint density at radius 3 is 2.65 bits per heavy atom. The van der Waals surface area contributed by atoms with Gasteiger partial charge < -0.3 is 15.4 Å². The van der Waals surface area contributed by atoms with Crippen molar-refractivity contribution < 1.29 is 14.3 Å². The summed E-state index contributed by atoms with van der Waals surface area (Å²) in [6, 6.07) is 1.62. The topological polar surface area (TPSA) is 93.2 Å². The minimum atomic E-state index is -0.598. The summed E-state index contributed by atoms with van der Waals surface area (Å²) in [5, 5.41) is 5.82. The Morgan fingerprint density at radius 1 is 1.35 bits per heavy atom. The Balaban J connectivity index is 2.46. The van der Waals surface area contributed by atoms with Crippen LogP contribution in [0.2, 0.25) is 0 Å². The first-order valence-corrected chi connectivity index (χ1v) is 6.28. The number of nitrogens with zero attached hydrogens (tertiary/aromatic N) is 2. The molecule has 0 aliphatic heterocycles. The molecule has 110 valence electrons. The third-order valence-electron chi connectivity index (χ3n) is 2.20. The molecule has 0 aliphatic carbocycles. The lowest BCUT2D eigenvalue weighted by molar-refractivity contribution is -0.122. The average Bonchev–Trinajstić information content (AvgIpc) is 2.36.